The highest BCUT2D eigenvalue weighted by molar-refractivity contribution is 5.95. The summed E-state index contributed by atoms with van der Waals surface area (Å²) in [5.41, 5.74) is 0.863. The Morgan fingerprint density at radius 1 is 1.15 bits per heavy atom. The molecular weight excluding hydrogens is 346 g/mol. The fourth-order valence-electron chi connectivity index (χ4n) is 4.54. The van der Waals surface area contributed by atoms with Crippen molar-refractivity contribution in [3.05, 3.63) is 29.8 Å². The molecule has 4 rings (SSSR count). The maximum atomic E-state index is 13.0. The maximum absolute atomic E-state index is 13.0. The van der Waals surface area contributed by atoms with Crippen LogP contribution >= 0.6 is 0 Å². The van der Waals surface area contributed by atoms with Gasteiger partial charge in [0.25, 0.3) is 0 Å². The number of hydrogen-bond donors (Lipinski definition) is 0. The van der Waals surface area contributed by atoms with E-state index in [1.54, 1.807) is 17.1 Å². The molecule has 1 amide bonds. The van der Waals surface area contributed by atoms with E-state index in [1.165, 1.54) is 13.5 Å². The van der Waals surface area contributed by atoms with E-state index >= 15 is 0 Å². The van der Waals surface area contributed by atoms with Crippen LogP contribution in [0, 0.1) is 5.92 Å². The standard InChI is InChI=1S/C21H25NO5/c1-25-21(24)17-13-15-4-2-3-5-16(15)22(17)20(23)9-7-14-6-8-18-19(12-14)27-11-10-26-18/h6-9,12,15-17H,2-5,10-11,13H2,1H3/b9-7+. The van der Waals surface area contributed by atoms with Crippen LogP contribution in [0.25, 0.3) is 6.08 Å². The van der Waals surface area contributed by atoms with Gasteiger partial charge in [-0.1, -0.05) is 18.9 Å². The van der Waals surface area contributed by atoms with Gasteiger partial charge in [-0.3, -0.25) is 4.79 Å². The highest BCUT2D eigenvalue weighted by Gasteiger charge is 2.47. The molecule has 0 aromatic heterocycles. The number of carbonyl (C=O) groups excluding carboxylic acids is 2. The number of methoxy groups -OCH3 is 1. The molecule has 1 aromatic carbocycles. The molecule has 3 atom stereocenters. The Balaban J connectivity index is 1.53. The third-order valence-corrected chi connectivity index (χ3v) is 5.80. The Bertz CT molecular complexity index is 759. The molecular formula is C21H25NO5. The number of benzene rings is 1. The zero-order valence-corrected chi connectivity index (χ0v) is 15.6. The van der Waals surface area contributed by atoms with Crippen molar-refractivity contribution >= 4 is 18.0 Å². The third kappa shape index (κ3) is 3.53. The molecule has 3 unspecified atom stereocenters. The minimum absolute atomic E-state index is 0.130. The lowest BCUT2D eigenvalue weighted by Crippen LogP contribution is -2.45. The van der Waals surface area contributed by atoms with Crippen LogP contribution in [-0.4, -0.2) is 49.2 Å². The molecule has 0 bridgehead atoms. The zero-order valence-electron chi connectivity index (χ0n) is 15.6. The van der Waals surface area contributed by atoms with Crippen LogP contribution in [0.2, 0.25) is 0 Å². The van der Waals surface area contributed by atoms with Crippen LogP contribution in [0.4, 0.5) is 0 Å². The Morgan fingerprint density at radius 2 is 1.93 bits per heavy atom. The summed E-state index contributed by atoms with van der Waals surface area (Å²) in [6.07, 6.45) is 8.34. The summed E-state index contributed by atoms with van der Waals surface area (Å²) in [6, 6.07) is 5.27. The van der Waals surface area contributed by atoms with E-state index in [-0.39, 0.29) is 17.9 Å². The Labute approximate surface area is 159 Å². The summed E-state index contributed by atoms with van der Waals surface area (Å²) in [5.74, 6) is 1.37. The van der Waals surface area contributed by atoms with Crippen molar-refractivity contribution < 1.29 is 23.8 Å². The molecule has 0 spiro atoms. The maximum Gasteiger partial charge on any atom is 0.328 e. The summed E-state index contributed by atoms with van der Waals surface area (Å²) in [5, 5.41) is 0. The lowest BCUT2D eigenvalue weighted by molar-refractivity contribution is -0.150. The first-order valence-corrected chi connectivity index (χ1v) is 9.65. The van der Waals surface area contributed by atoms with Gasteiger partial charge in [0.15, 0.2) is 11.5 Å². The minimum atomic E-state index is -0.472. The quantitative estimate of drug-likeness (QED) is 0.604. The fourth-order valence-corrected chi connectivity index (χ4v) is 4.54. The van der Waals surface area contributed by atoms with Crippen molar-refractivity contribution in [2.24, 2.45) is 5.92 Å². The first-order valence-electron chi connectivity index (χ1n) is 9.65. The van der Waals surface area contributed by atoms with Crippen LogP contribution in [0.3, 0.4) is 0 Å². The van der Waals surface area contributed by atoms with Gasteiger partial charge in [0.1, 0.15) is 19.3 Å². The number of ether oxygens (including phenoxy) is 3. The van der Waals surface area contributed by atoms with Crippen molar-refractivity contribution in [1.29, 1.82) is 0 Å². The lowest BCUT2D eigenvalue weighted by atomic mass is 9.85. The highest BCUT2D eigenvalue weighted by Crippen LogP contribution is 2.40. The van der Waals surface area contributed by atoms with Crippen molar-refractivity contribution in [1.82, 2.24) is 4.90 Å². The number of rotatable bonds is 3. The molecule has 1 saturated heterocycles. The molecule has 27 heavy (non-hydrogen) atoms. The van der Waals surface area contributed by atoms with Gasteiger partial charge in [-0.2, -0.15) is 0 Å². The summed E-state index contributed by atoms with van der Waals surface area (Å²) in [4.78, 5) is 27.0. The van der Waals surface area contributed by atoms with E-state index in [0.29, 0.717) is 31.3 Å². The van der Waals surface area contributed by atoms with Crippen LogP contribution in [-0.2, 0) is 14.3 Å². The molecule has 2 fully saturated rings. The fraction of sp³-hybridized carbons (Fsp3) is 0.524. The van der Waals surface area contributed by atoms with Gasteiger partial charge in [0.05, 0.1) is 7.11 Å². The van der Waals surface area contributed by atoms with Crippen molar-refractivity contribution in [2.45, 2.75) is 44.2 Å². The third-order valence-electron chi connectivity index (χ3n) is 5.80. The minimum Gasteiger partial charge on any atom is -0.486 e. The molecule has 144 valence electrons. The van der Waals surface area contributed by atoms with Crippen LogP contribution in [0.15, 0.2) is 24.3 Å². The summed E-state index contributed by atoms with van der Waals surface area (Å²) in [7, 11) is 1.39. The second kappa shape index (κ2) is 7.62. The van der Waals surface area contributed by atoms with E-state index in [9.17, 15) is 9.59 Å². The molecule has 1 aliphatic carbocycles. The number of carbonyl (C=O) groups is 2. The second-order valence-corrected chi connectivity index (χ2v) is 7.37. The number of amides is 1. The Hall–Kier alpha value is -2.50. The molecule has 2 heterocycles. The number of nitrogens with zero attached hydrogens (tertiary/aromatic N) is 1. The van der Waals surface area contributed by atoms with E-state index in [2.05, 4.69) is 0 Å². The van der Waals surface area contributed by atoms with Gasteiger partial charge >= 0.3 is 5.97 Å². The van der Waals surface area contributed by atoms with Crippen LogP contribution in [0.5, 0.6) is 11.5 Å². The van der Waals surface area contributed by atoms with Gasteiger partial charge < -0.3 is 19.1 Å². The summed E-state index contributed by atoms with van der Waals surface area (Å²) in [6.45, 7) is 1.07. The number of likely N-dealkylation sites (tertiary alicyclic amines) is 1. The largest absolute Gasteiger partial charge is 0.486 e. The molecule has 1 aromatic rings. The first-order chi connectivity index (χ1) is 13.2. The number of hydrogen-bond acceptors (Lipinski definition) is 5. The summed E-state index contributed by atoms with van der Waals surface area (Å²) >= 11 is 0. The topological polar surface area (TPSA) is 65.1 Å². The first kappa shape index (κ1) is 17.9. The lowest BCUT2D eigenvalue weighted by Gasteiger charge is -2.32. The molecule has 2 aliphatic heterocycles. The Morgan fingerprint density at radius 3 is 2.74 bits per heavy atom. The van der Waals surface area contributed by atoms with E-state index in [0.717, 1.165) is 30.6 Å². The monoisotopic (exact) mass is 371 g/mol. The van der Waals surface area contributed by atoms with Crippen LogP contribution in [0.1, 0.15) is 37.7 Å². The van der Waals surface area contributed by atoms with Gasteiger partial charge in [-0.15, -0.1) is 0 Å². The smallest absolute Gasteiger partial charge is 0.328 e. The van der Waals surface area contributed by atoms with Gasteiger partial charge in [0, 0.05) is 12.1 Å². The van der Waals surface area contributed by atoms with Crippen molar-refractivity contribution in [2.75, 3.05) is 20.3 Å². The second-order valence-electron chi connectivity index (χ2n) is 7.37. The van der Waals surface area contributed by atoms with Crippen molar-refractivity contribution in [3.63, 3.8) is 0 Å². The van der Waals surface area contributed by atoms with Gasteiger partial charge in [-0.05, 0) is 49.0 Å². The Kier molecular flexibility index (Phi) is 5.05. The molecule has 6 nitrogen and oxygen atoms in total. The van der Waals surface area contributed by atoms with E-state index in [4.69, 9.17) is 14.2 Å². The van der Waals surface area contributed by atoms with Gasteiger partial charge in [0.2, 0.25) is 5.91 Å². The number of fused-ring (bicyclic) bond motifs is 2. The predicted molar refractivity (Wildman–Crippen MR) is 99.5 cm³/mol. The molecule has 0 N–H and O–H groups in total. The van der Waals surface area contributed by atoms with E-state index < -0.39 is 6.04 Å². The average Bonchev–Trinajstić information content (AvgIpc) is 3.11. The number of esters is 1. The molecule has 3 aliphatic rings. The van der Waals surface area contributed by atoms with E-state index in [1.807, 2.05) is 18.2 Å². The predicted octanol–water partition coefficient (Wildman–Crippen LogP) is 2.80. The van der Waals surface area contributed by atoms with Crippen LogP contribution < -0.4 is 9.47 Å². The summed E-state index contributed by atoms with van der Waals surface area (Å²) < 4.78 is 16.1. The molecule has 6 heteroatoms. The molecule has 0 radical (unpaired) electrons. The van der Waals surface area contributed by atoms with Gasteiger partial charge in [-0.25, -0.2) is 4.79 Å². The van der Waals surface area contributed by atoms with Crippen molar-refractivity contribution in [3.8, 4) is 11.5 Å². The molecule has 1 saturated carbocycles. The SMILES string of the molecule is COC(=O)C1CC2CCCCC2N1C(=O)/C=C/c1ccc2c(c1)OCCO2. The normalized spacial score (nSPS) is 26.7. The highest BCUT2D eigenvalue weighted by atomic mass is 16.6. The average molecular weight is 371 g/mol. The zero-order chi connectivity index (χ0) is 18.8.